The minimum atomic E-state index is -0.325. The van der Waals surface area contributed by atoms with E-state index in [0.29, 0.717) is 18.2 Å². The molecule has 1 aromatic rings. The lowest BCUT2D eigenvalue weighted by Gasteiger charge is -2.14. The molecular formula is C11H19N5O. The van der Waals surface area contributed by atoms with Gasteiger partial charge in [0.25, 0.3) is 0 Å². The number of hydrogen-bond donors (Lipinski definition) is 3. The fourth-order valence-electron chi connectivity index (χ4n) is 1.38. The van der Waals surface area contributed by atoms with Crippen LogP contribution < -0.4 is 16.0 Å². The Hall–Kier alpha value is -1.85. The second-order valence-electron chi connectivity index (χ2n) is 3.70. The van der Waals surface area contributed by atoms with Gasteiger partial charge in [0.05, 0.1) is 0 Å². The summed E-state index contributed by atoms with van der Waals surface area (Å²) in [5.74, 6) is 1.97. The number of anilines is 2. The van der Waals surface area contributed by atoms with E-state index >= 15 is 0 Å². The summed E-state index contributed by atoms with van der Waals surface area (Å²) in [6, 6.07) is 1.44. The second kappa shape index (κ2) is 6.03. The maximum atomic E-state index is 11.6. The molecule has 1 heterocycles. The molecule has 0 saturated heterocycles. The third-order valence-corrected chi connectivity index (χ3v) is 2.20. The lowest BCUT2D eigenvalue weighted by molar-refractivity contribution is -0.121. The molecule has 17 heavy (non-hydrogen) atoms. The first-order valence-electron chi connectivity index (χ1n) is 5.64. The average Bonchev–Trinajstić information content (AvgIpc) is 2.28. The van der Waals surface area contributed by atoms with Gasteiger partial charge >= 0.3 is 0 Å². The quantitative estimate of drug-likeness (QED) is 0.704. The number of aryl methyl sites for hydroxylation is 1. The van der Waals surface area contributed by atoms with Gasteiger partial charge in [0.1, 0.15) is 23.5 Å². The van der Waals surface area contributed by atoms with Crippen LogP contribution in [0.25, 0.3) is 0 Å². The van der Waals surface area contributed by atoms with Crippen LogP contribution in [0.5, 0.6) is 0 Å². The zero-order chi connectivity index (χ0) is 12.8. The molecule has 3 N–H and O–H groups in total. The molecule has 94 valence electrons. The highest BCUT2D eigenvalue weighted by molar-refractivity contribution is 5.83. The minimum Gasteiger partial charge on any atom is -0.373 e. The van der Waals surface area contributed by atoms with Crippen molar-refractivity contribution >= 4 is 17.5 Å². The Balaban J connectivity index is 2.73. The van der Waals surface area contributed by atoms with Crippen molar-refractivity contribution < 1.29 is 4.79 Å². The van der Waals surface area contributed by atoms with Crippen LogP contribution in [0.2, 0.25) is 0 Å². The van der Waals surface area contributed by atoms with Gasteiger partial charge in [-0.05, 0) is 20.8 Å². The van der Waals surface area contributed by atoms with Crippen molar-refractivity contribution in [3.63, 3.8) is 0 Å². The van der Waals surface area contributed by atoms with Crippen molar-refractivity contribution in [3.05, 3.63) is 11.9 Å². The number of carbonyl (C=O) groups excluding carboxylic acids is 1. The predicted octanol–water partition coefficient (Wildman–Crippen LogP) is 0.763. The Labute approximate surface area is 101 Å². The molecule has 6 nitrogen and oxygen atoms in total. The van der Waals surface area contributed by atoms with E-state index in [4.69, 9.17) is 0 Å². The average molecular weight is 237 g/mol. The number of aromatic nitrogens is 2. The highest BCUT2D eigenvalue weighted by atomic mass is 16.2. The molecule has 0 bridgehead atoms. The molecule has 1 unspecified atom stereocenters. The van der Waals surface area contributed by atoms with E-state index in [1.165, 1.54) is 0 Å². The molecule has 0 radical (unpaired) electrons. The van der Waals surface area contributed by atoms with Gasteiger partial charge in [-0.1, -0.05) is 0 Å². The Bertz CT molecular complexity index is 393. The standard InChI is InChI=1S/C11H19N5O/c1-5-13-11(17)7(2)14-10-6-9(12-4)15-8(3)16-10/h6-7H,5H2,1-4H3,(H,13,17)(H2,12,14,15,16). The lowest BCUT2D eigenvalue weighted by atomic mass is 10.3. The summed E-state index contributed by atoms with van der Waals surface area (Å²) in [6.07, 6.45) is 0. The van der Waals surface area contributed by atoms with Crippen molar-refractivity contribution in [2.24, 2.45) is 0 Å². The van der Waals surface area contributed by atoms with Gasteiger partial charge in [0.2, 0.25) is 5.91 Å². The summed E-state index contributed by atoms with van der Waals surface area (Å²) in [7, 11) is 1.79. The first-order chi connectivity index (χ1) is 8.06. The molecule has 0 aliphatic heterocycles. The Morgan fingerprint density at radius 3 is 2.65 bits per heavy atom. The van der Waals surface area contributed by atoms with Crippen LogP contribution in [-0.4, -0.2) is 35.5 Å². The lowest BCUT2D eigenvalue weighted by Crippen LogP contribution is -2.37. The number of nitrogens with one attached hydrogen (secondary N) is 3. The number of rotatable bonds is 5. The molecule has 1 amide bonds. The number of carbonyl (C=O) groups is 1. The molecule has 0 spiro atoms. The van der Waals surface area contributed by atoms with Crippen LogP contribution in [-0.2, 0) is 4.79 Å². The highest BCUT2D eigenvalue weighted by Crippen LogP contribution is 2.11. The normalized spacial score (nSPS) is 11.8. The van der Waals surface area contributed by atoms with E-state index in [1.54, 1.807) is 20.0 Å². The van der Waals surface area contributed by atoms with E-state index in [1.807, 2.05) is 13.8 Å². The van der Waals surface area contributed by atoms with Gasteiger partial charge in [0.15, 0.2) is 0 Å². The molecule has 0 aliphatic carbocycles. The first-order valence-corrected chi connectivity index (χ1v) is 5.64. The van der Waals surface area contributed by atoms with Gasteiger partial charge < -0.3 is 16.0 Å². The molecule has 6 heteroatoms. The summed E-state index contributed by atoms with van der Waals surface area (Å²) < 4.78 is 0. The van der Waals surface area contributed by atoms with Crippen molar-refractivity contribution in [2.45, 2.75) is 26.8 Å². The van der Waals surface area contributed by atoms with Crippen LogP contribution in [0.15, 0.2) is 6.07 Å². The highest BCUT2D eigenvalue weighted by Gasteiger charge is 2.12. The molecule has 0 aliphatic rings. The molecule has 1 atom stereocenters. The number of amides is 1. The molecular weight excluding hydrogens is 218 g/mol. The number of hydrogen-bond acceptors (Lipinski definition) is 5. The van der Waals surface area contributed by atoms with Crippen LogP contribution in [0.3, 0.4) is 0 Å². The maximum Gasteiger partial charge on any atom is 0.242 e. The summed E-state index contributed by atoms with van der Waals surface area (Å²) in [5.41, 5.74) is 0. The third kappa shape index (κ3) is 3.90. The fourth-order valence-corrected chi connectivity index (χ4v) is 1.38. The Kier molecular flexibility index (Phi) is 4.68. The van der Waals surface area contributed by atoms with E-state index in [2.05, 4.69) is 25.9 Å². The first kappa shape index (κ1) is 13.2. The summed E-state index contributed by atoms with van der Waals surface area (Å²) >= 11 is 0. The summed E-state index contributed by atoms with van der Waals surface area (Å²) in [6.45, 7) is 6.11. The summed E-state index contributed by atoms with van der Waals surface area (Å²) in [5, 5.41) is 8.73. The van der Waals surface area contributed by atoms with Crippen LogP contribution >= 0.6 is 0 Å². The molecule has 0 aromatic carbocycles. The number of nitrogens with zero attached hydrogens (tertiary/aromatic N) is 2. The van der Waals surface area contributed by atoms with E-state index in [0.717, 1.165) is 5.82 Å². The van der Waals surface area contributed by atoms with Crippen molar-refractivity contribution in [1.29, 1.82) is 0 Å². The van der Waals surface area contributed by atoms with E-state index in [9.17, 15) is 4.79 Å². The zero-order valence-electron chi connectivity index (χ0n) is 10.7. The monoisotopic (exact) mass is 237 g/mol. The predicted molar refractivity (Wildman–Crippen MR) is 68.1 cm³/mol. The summed E-state index contributed by atoms with van der Waals surface area (Å²) in [4.78, 5) is 20.0. The van der Waals surface area contributed by atoms with Gasteiger partial charge in [0, 0.05) is 19.7 Å². The van der Waals surface area contributed by atoms with Crippen LogP contribution in [0, 0.1) is 6.92 Å². The van der Waals surface area contributed by atoms with Crippen LogP contribution in [0.4, 0.5) is 11.6 Å². The second-order valence-corrected chi connectivity index (χ2v) is 3.70. The largest absolute Gasteiger partial charge is 0.373 e. The molecule has 1 rings (SSSR count). The van der Waals surface area contributed by atoms with Crippen molar-refractivity contribution in [1.82, 2.24) is 15.3 Å². The smallest absolute Gasteiger partial charge is 0.242 e. The zero-order valence-corrected chi connectivity index (χ0v) is 10.7. The SMILES string of the molecule is CCNC(=O)C(C)Nc1cc(NC)nc(C)n1. The molecule has 0 saturated carbocycles. The molecule has 1 aromatic heterocycles. The van der Waals surface area contributed by atoms with Gasteiger partial charge in [-0.25, -0.2) is 9.97 Å². The van der Waals surface area contributed by atoms with Gasteiger partial charge in [-0.3, -0.25) is 4.79 Å². The van der Waals surface area contributed by atoms with Crippen molar-refractivity contribution in [2.75, 3.05) is 24.2 Å². The number of likely N-dealkylation sites (N-methyl/N-ethyl adjacent to an activating group) is 1. The van der Waals surface area contributed by atoms with Gasteiger partial charge in [-0.2, -0.15) is 0 Å². The maximum absolute atomic E-state index is 11.6. The third-order valence-electron chi connectivity index (χ3n) is 2.20. The van der Waals surface area contributed by atoms with Crippen LogP contribution in [0.1, 0.15) is 19.7 Å². The Morgan fingerprint density at radius 2 is 2.06 bits per heavy atom. The fraction of sp³-hybridized carbons (Fsp3) is 0.545. The topological polar surface area (TPSA) is 78.9 Å². The van der Waals surface area contributed by atoms with E-state index < -0.39 is 0 Å². The molecule has 0 fully saturated rings. The van der Waals surface area contributed by atoms with Gasteiger partial charge in [-0.15, -0.1) is 0 Å². The Morgan fingerprint density at radius 1 is 1.41 bits per heavy atom. The minimum absolute atomic E-state index is 0.0465. The van der Waals surface area contributed by atoms with Crippen molar-refractivity contribution in [3.8, 4) is 0 Å². The van der Waals surface area contributed by atoms with E-state index in [-0.39, 0.29) is 11.9 Å².